The molecule has 0 amide bonds. The van der Waals surface area contributed by atoms with Crippen molar-refractivity contribution in [3.05, 3.63) is 35.4 Å². The fraction of sp³-hybridized carbons (Fsp3) is 0.500. The Kier molecular flexibility index (Phi) is 6.32. The lowest BCUT2D eigenvalue weighted by Gasteiger charge is -2.26. The molecule has 0 saturated heterocycles. The van der Waals surface area contributed by atoms with E-state index in [0.29, 0.717) is 18.7 Å². The van der Waals surface area contributed by atoms with Crippen molar-refractivity contribution in [1.29, 1.82) is 0 Å². The molecule has 1 atom stereocenters. The molecule has 6 nitrogen and oxygen atoms in total. The number of hydrogen-bond acceptors (Lipinski definition) is 4. The van der Waals surface area contributed by atoms with Gasteiger partial charge in [0.1, 0.15) is 0 Å². The van der Waals surface area contributed by atoms with Crippen molar-refractivity contribution in [1.82, 2.24) is 4.31 Å². The Balaban J connectivity index is 2.90. The van der Waals surface area contributed by atoms with Crippen LogP contribution in [0.4, 0.5) is 0 Å². The third-order valence-electron chi connectivity index (χ3n) is 3.12. The second-order valence-corrected chi connectivity index (χ2v) is 6.69. The Morgan fingerprint density at radius 1 is 1.33 bits per heavy atom. The molecule has 0 heterocycles. The molecule has 1 rings (SSSR count). The number of benzene rings is 1. The molecule has 0 aliphatic heterocycles. The first-order valence-corrected chi connectivity index (χ1v) is 8.23. The van der Waals surface area contributed by atoms with Crippen molar-refractivity contribution < 1.29 is 23.1 Å². The normalized spacial score (nSPS) is 13.3. The molecule has 0 saturated carbocycles. The topological polar surface area (TPSA) is 83.9 Å². The zero-order valence-electron chi connectivity index (χ0n) is 12.4. The SMILES string of the molecule is CCN(C(C)COC)S(=O)(=O)Cc1ccc(C(=O)O)cc1. The number of ether oxygens (including phenoxy) is 1. The van der Waals surface area contributed by atoms with Crippen LogP contribution in [-0.2, 0) is 20.5 Å². The maximum atomic E-state index is 12.4. The van der Waals surface area contributed by atoms with Crippen LogP contribution in [0, 0.1) is 0 Å². The largest absolute Gasteiger partial charge is 0.478 e. The molecule has 0 fully saturated rings. The molecule has 7 heteroatoms. The van der Waals surface area contributed by atoms with Gasteiger partial charge in [-0.05, 0) is 24.6 Å². The van der Waals surface area contributed by atoms with Gasteiger partial charge in [0.05, 0.1) is 17.9 Å². The van der Waals surface area contributed by atoms with Gasteiger partial charge in [-0.2, -0.15) is 4.31 Å². The molecule has 1 N–H and O–H groups in total. The third-order valence-corrected chi connectivity index (χ3v) is 5.15. The van der Waals surface area contributed by atoms with Gasteiger partial charge in [0, 0.05) is 19.7 Å². The monoisotopic (exact) mass is 315 g/mol. The van der Waals surface area contributed by atoms with Gasteiger partial charge in [-0.25, -0.2) is 13.2 Å². The van der Waals surface area contributed by atoms with Crippen molar-refractivity contribution in [2.45, 2.75) is 25.6 Å². The lowest BCUT2D eigenvalue weighted by atomic mass is 10.1. The van der Waals surface area contributed by atoms with Gasteiger partial charge in [0.2, 0.25) is 10.0 Å². The second-order valence-electron chi connectivity index (χ2n) is 4.77. The fourth-order valence-electron chi connectivity index (χ4n) is 2.14. The highest BCUT2D eigenvalue weighted by Crippen LogP contribution is 2.15. The molecular formula is C14H21NO5S. The highest BCUT2D eigenvalue weighted by Gasteiger charge is 2.26. The van der Waals surface area contributed by atoms with Crippen LogP contribution >= 0.6 is 0 Å². The average molecular weight is 315 g/mol. The molecule has 1 unspecified atom stereocenters. The summed E-state index contributed by atoms with van der Waals surface area (Å²) >= 11 is 0. The van der Waals surface area contributed by atoms with Crippen molar-refractivity contribution in [2.75, 3.05) is 20.3 Å². The minimum absolute atomic E-state index is 0.135. The Hall–Kier alpha value is -1.44. The molecule has 0 aliphatic rings. The standard InChI is InChI=1S/C14H21NO5S/c1-4-15(11(2)9-20-3)21(18,19)10-12-5-7-13(8-6-12)14(16)17/h5-8,11H,4,9-10H2,1-3H3,(H,16,17). The number of sulfonamides is 1. The minimum Gasteiger partial charge on any atom is -0.478 e. The van der Waals surface area contributed by atoms with Crippen LogP contribution in [0.5, 0.6) is 0 Å². The van der Waals surface area contributed by atoms with E-state index >= 15 is 0 Å². The Morgan fingerprint density at radius 2 is 1.90 bits per heavy atom. The summed E-state index contributed by atoms with van der Waals surface area (Å²) in [5, 5.41) is 8.83. The summed E-state index contributed by atoms with van der Waals surface area (Å²) in [4.78, 5) is 10.8. The number of carboxylic acids is 1. The van der Waals surface area contributed by atoms with Crippen molar-refractivity contribution in [3.8, 4) is 0 Å². The quantitative estimate of drug-likeness (QED) is 0.787. The van der Waals surface area contributed by atoms with Crippen molar-refractivity contribution >= 4 is 16.0 Å². The fourth-order valence-corrected chi connectivity index (χ4v) is 3.93. The predicted octanol–water partition coefficient (Wildman–Crippen LogP) is 1.57. The van der Waals surface area contributed by atoms with Crippen LogP contribution in [0.25, 0.3) is 0 Å². The molecule has 0 radical (unpaired) electrons. The summed E-state index contributed by atoms with van der Waals surface area (Å²) in [5.41, 5.74) is 0.694. The summed E-state index contributed by atoms with van der Waals surface area (Å²) in [7, 11) is -1.94. The average Bonchev–Trinajstić information content (AvgIpc) is 2.39. The van der Waals surface area contributed by atoms with Gasteiger partial charge in [-0.3, -0.25) is 0 Å². The molecule has 0 aliphatic carbocycles. The number of methoxy groups -OCH3 is 1. The van der Waals surface area contributed by atoms with E-state index in [4.69, 9.17) is 9.84 Å². The van der Waals surface area contributed by atoms with Crippen molar-refractivity contribution in [2.24, 2.45) is 0 Å². The van der Waals surface area contributed by atoms with E-state index in [-0.39, 0.29) is 17.4 Å². The number of nitrogens with zero attached hydrogens (tertiary/aromatic N) is 1. The number of carbonyl (C=O) groups is 1. The zero-order chi connectivity index (χ0) is 16.0. The van der Waals surface area contributed by atoms with Crippen LogP contribution in [0.3, 0.4) is 0 Å². The summed E-state index contributed by atoms with van der Waals surface area (Å²) < 4.78 is 31.2. The number of aromatic carboxylic acids is 1. The summed E-state index contributed by atoms with van der Waals surface area (Å²) in [6.07, 6.45) is 0. The van der Waals surface area contributed by atoms with Crippen LogP contribution < -0.4 is 0 Å². The van der Waals surface area contributed by atoms with E-state index in [1.807, 2.05) is 0 Å². The zero-order valence-corrected chi connectivity index (χ0v) is 13.3. The second kappa shape index (κ2) is 7.53. The molecule has 0 spiro atoms. The lowest BCUT2D eigenvalue weighted by molar-refractivity contribution is 0.0697. The summed E-state index contributed by atoms with van der Waals surface area (Å²) in [5.74, 6) is -1.19. The van der Waals surface area contributed by atoms with Crippen LogP contribution in [0.2, 0.25) is 0 Å². The smallest absolute Gasteiger partial charge is 0.335 e. The first kappa shape index (κ1) is 17.6. The van der Waals surface area contributed by atoms with E-state index < -0.39 is 16.0 Å². The van der Waals surface area contributed by atoms with Gasteiger partial charge in [-0.1, -0.05) is 19.1 Å². The summed E-state index contributed by atoms with van der Waals surface area (Å²) in [6, 6.07) is 5.61. The van der Waals surface area contributed by atoms with Gasteiger partial charge in [0.25, 0.3) is 0 Å². The Bertz CT molecular complexity index is 568. The Morgan fingerprint density at radius 3 is 2.33 bits per heavy atom. The van der Waals surface area contributed by atoms with E-state index in [1.165, 1.54) is 35.7 Å². The number of rotatable bonds is 8. The van der Waals surface area contributed by atoms with E-state index in [1.54, 1.807) is 13.8 Å². The molecular weight excluding hydrogens is 294 g/mol. The molecule has 0 aromatic heterocycles. The molecule has 1 aromatic rings. The van der Waals surface area contributed by atoms with Gasteiger partial charge in [-0.15, -0.1) is 0 Å². The highest BCUT2D eigenvalue weighted by atomic mass is 32.2. The maximum Gasteiger partial charge on any atom is 0.335 e. The van der Waals surface area contributed by atoms with Gasteiger partial charge in [0.15, 0.2) is 0 Å². The maximum absolute atomic E-state index is 12.4. The Labute approximate surface area is 125 Å². The first-order valence-electron chi connectivity index (χ1n) is 6.62. The number of likely N-dealkylation sites (N-methyl/N-ethyl adjacent to an activating group) is 1. The number of hydrogen-bond donors (Lipinski definition) is 1. The van der Waals surface area contributed by atoms with E-state index in [0.717, 1.165) is 0 Å². The first-order chi connectivity index (χ1) is 9.81. The lowest BCUT2D eigenvalue weighted by Crippen LogP contribution is -2.41. The van der Waals surface area contributed by atoms with Gasteiger partial charge >= 0.3 is 5.97 Å². The highest BCUT2D eigenvalue weighted by molar-refractivity contribution is 7.88. The predicted molar refractivity (Wildman–Crippen MR) is 79.7 cm³/mol. The van der Waals surface area contributed by atoms with Crippen molar-refractivity contribution in [3.63, 3.8) is 0 Å². The molecule has 21 heavy (non-hydrogen) atoms. The van der Waals surface area contributed by atoms with Crippen LogP contribution in [0.15, 0.2) is 24.3 Å². The third kappa shape index (κ3) is 4.80. The molecule has 1 aromatic carbocycles. The van der Waals surface area contributed by atoms with E-state index in [9.17, 15) is 13.2 Å². The molecule has 0 bridgehead atoms. The van der Waals surface area contributed by atoms with Crippen LogP contribution in [0.1, 0.15) is 29.8 Å². The minimum atomic E-state index is -3.47. The van der Waals surface area contributed by atoms with Gasteiger partial charge < -0.3 is 9.84 Å². The van der Waals surface area contributed by atoms with E-state index in [2.05, 4.69) is 0 Å². The molecule has 118 valence electrons. The van der Waals surface area contributed by atoms with Crippen LogP contribution in [-0.4, -0.2) is 50.1 Å². The summed E-state index contributed by atoms with van der Waals surface area (Å²) in [6.45, 7) is 4.25. The number of carboxylic acid groups (broad SMARTS) is 1.